The number of nitrogens with one attached hydrogen (secondary N) is 1. The van der Waals surface area contributed by atoms with Gasteiger partial charge in [-0.1, -0.05) is 12.1 Å². The van der Waals surface area contributed by atoms with Gasteiger partial charge in [-0.3, -0.25) is 14.7 Å². The van der Waals surface area contributed by atoms with Crippen molar-refractivity contribution in [3.05, 3.63) is 96.6 Å². The number of nitrogens with zero attached hydrogens (tertiary/aromatic N) is 3. The summed E-state index contributed by atoms with van der Waals surface area (Å²) in [6, 6.07) is 15.2. The zero-order valence-electron chi connectivity index (χ0n) is 19.7. The van der Waals surface area contributed by atoms with E-state index in [4.69, 9.17) is 4.74 Å². The Balaban J connectivity index is 1.58. The first-order valence-electron chi connectivity index (χ1n) is 11.1. The van der Waals surface area contributed by atoms with E-state index < -0.39 is 26.6 Å². The van der Waals surface area contributed by atoms with Crippen LogP contribution in [0.1, 0.15) is 5.69 Å². The van der Waals surface area contributed by atoms with Crippen LogP contribution in [0, 0.1) is 18.6 Å². The molecule has 0 aliphatic rings. The van der Waals surface area contributed by atoms with Crippen LogP contribution in [0.25, 0.3) is 33.2 Å². The molecule has 7 nitrogen and oxygen atoms in total. The molecule has 1 N–H and O–H groups in total. The van der Waals surface area contributed by atoms with Gasteiger partial charge in [0.1, 0.15) is 22.2 Å². The number of halogens is 2. The molecule has 0 spiro atoms. The lowest BCUT2D eigenvalue weighted by atomic mass is 9.98. The molecule has 0 bridgehead atoms. The minimum Gasteiger partial charge on any atom is -0.480 e. The van der Waals surface area contributed by atoms with Crippen molar-refractivity contribution in [3.8, 4) is 28.1 Å². The van der Waals surface area contributed by atoms with Crippen molar-refractivity contribution in [1.29, 1.82) is 0 Å². The maximum Gasteiger partial charge on any atom is 0.264 e. The van der Waals surface area contributed by atoms with Gasteiger partial charge in [-0.05, 0) is 60.5 Å². The zero-order valence-corrected chi connectivity index (χ0v) is 20.6. The minimum atomic E-state index is -4.40. The lowest BCUT2D eigenvalue weighted by Crippen LogP contribution is -2.15. The fraction of sp³-hybridized carbons (Fsp3) is 0.0741. The van der Waals surface area contributed by atoms with Crippen LogP contribution >= 0.6 is 0 Å². The highest BCUT2D eigenvalue weighted by molar-refractivity contribution is 7.92. The van der Waals surface area contributed by atoms with Gasteiger partial charge < -0.3 is 4.74 Å². The summed E-state index contributed by atoms with van der Waals surface area (Å²) in [6.07, 6.45) is 5.07. The van der Waals surface area contributed by atoms with Crippen LogP contribution in [-0.2, 0) is 10.0 Å². The van der Waals surface area contributed by atoms with E-state index in [0.717, 1.165) is 45.4 Å². The van der Waals surface area contributed by atoms with E-state index >= 15 is 0 Å². The molecule has 0 atom stereocenters. The van der Waals surface area contributed by atoms with Crippen LogP contribution in [-0.4, -0.2) is 30.5 Å². The minimum absolute atomic E-state index is 0.00188. The molecule has 3 aromatic heterocycles. The van der Waals surface area contributed by atoms with Crippen LogP contribution in [0.4, 0.5) is 14.5 Å². The Bertz CT molecular complexity index is 1740. The van der Waals surface area contributed by atoms with Gasteiger partial charge in [-0.25, -0.2) is 22.2 Å². The second-order valence-electron chi connectivity index (χ2n) is 8.24. The van der Waals surface area contributed by atoms with E-state index in [1.165, 1.54) is 13.2 Å². The molecule has 3 heterocycles. The number of aryl methyl sites for hydroxylation is 1. The number of fused-ring (bicyclic) bond motifs is 1. The lowest BCUT2D eigenvalue weighted by Gasteiger charge is -2.14. The molecule has 37 heavy (non-hydrogen) atoms. The quantitative estimate of drug-likeness (QED) is 0.307. The average Bonchev–Trinajstić information content (AvgIpc) is 2.88. The number of benzene rings is 2. The van der Waals surface area contributed by atoms with Gasteiger partial charge in [0.2, 0.25) is 5.88 Å². The van der Waals surface area contributed by atoms with Gasteiger partial charge in [-0.15, -0.1) is 0 Å². The van der Waals surface area contributed by atoms with E-state index in [1.807, 2.05) is 43.3 Å². The highest BCUT2D eigenvalue weighted by Gasteiger charge is 2.22. The molecule has 5 rings (SSSR count). The van der Waals surface area contributed by atoms with Gasteiger partial charge in [-0.2, -0.15) is 0 Å². The topological polar surface area (TPSA) is 94.1 Å². The van der Waals surface area contributed by atoms with Crippen molar-refractivity contribution in [3.63, 3.8) is 0 Å². The number of anilines is 1. The average molecular weight is 519 g/mol. The Hall–Kier alpha value is -4.44. The zero-order chi connectivity index (χ0) is 26.2. The number of hydrogen-bond donors (Lipinski definition) is 1. The molecular formula is C27H20F2N4O3S. The monoisotopic (exact) mass is 518 g/mol. The van der Waals surface area contributed by atoms with Gasteiger partial charge in [0.15, 0.2) is 0 Å². The van der Waals surface area contributed by atoms with E-state index in [1.54, 1.807) is 18.6 Å². The lowest BCUT2D eigenvalue weighted by molar-refractivity contribution is 0.400. The highest BCUT2D eigenvalue weighted by atomic mass is 32.2. The van der Waals surface area contributed by atoms with Gasteiger partial charge >= 0.3 is 0 Å². The van der Waals surface area contributed by atoms with Crippen molar-refractivity contribution in [2.75, 3.05) is 11.8 Å². The van der Waals surface area contributed by atoms with Gasteiger partial charge in [0.05, 0.1) is 12.6 Å². The first kappa shape index (κ1) is 24.3. The van der Waals surface area contributed by atoms with Crippen LogP contribution in [0.3, 0.4) is 0 Å². The Morgan fingerprint density at radius 3 is 2.35 bits per heavy atom. The van der Waals surface area contributed by atoms with Gasteiger partial charge in [0.25, 0.3) is 10.0 Å². The molecule has 2 aromatic carbocycles. The smallest absolute Gasteiger partial charge is 0.264 e. The number of aromatic nitrogens is 3. The molecule has 5 aromatic rings. The molecule has 0 aliphatic carbocycles. The highest BCUT2D eigenvalue weighted by Crippen LogP contribution is 2.34. The van der Waals surface area contributed by atoms with E-state index in [0.29, 0.717) is 11.6 Å². The number of hydrogen-bond acceptors (Lipinski definition) is 6. The summed E-state index contributed by atoms with van der Waals surface area (Å²) in [5.74, 6) is -2.11. The number of ether oxygens (including phenoxy) is 1. The molecule has 10 heteroatoms. The summed E-state index contributed by atoms with van der Waals surface area (Å²) in [6.45, 7) is 1.92. The summed E-state index contributed by atoms with van der Waals surface area (Å²) in [4.78, 5) is 12.4. The maximum atomic E-state index is 14.2. The summed E-state index contributed by atoms with van der Waals surface area (Å²) in [5.41, 5.74) is 4.87. The third-order valence-corrected chi connectivity index (χ3v) is 7.17. The third-order valence-electron chi connectivity index (χ3n) is 5.77. The first-order chi connectivity index (χ1) is 17.7. The van der Waals surface area contributed by atoms with Crippen molar-refractivity contribution in [2.24, 2.45) is 0 Å². The van der Waals surface area contributed by atoms with Crippen LogP contribution < -0.4 is 9.46 Å². The summed E-state index contributed by atoms with van der Waals surface area (Å²) < 4.78 is 60.8. The number of rotatable bonds is 6. The third kappa shape index (κ3) is 4.83. The maximum absolute atomic E-state index is 14.2. The van der Waals surface area contributed by atoms with Crippen molar-refractivity contribution in [1.82, 2.24) is 15.0 Å². The number of methoxy groups -OCH3 is 1. The molecule has 0 saturated heterocycles. The summed E-state index contributed by atoms with van der Waals surface area (Å²) in [7, 11) is -3.07. The van der Waals surface area contributed by atoms with Crippen molar-refractivity contribution in [2.45, 2.75) is 11.8 Å². The molecule has 0 saturated carbocycles. The predicted octanol–water partition coefficient (Wildman–Crippen LogP) is 5.75. The SMILES string of the molecule is COc1ncc(-c2ccc3nccc(-c4ccc(C)nc4)c3c2)cc1NS(=O)(=O)c1ccc(F)cc1F. The van der Waals surface area contributed by atoms with Crippen molar-refractivity contribution < 1.29 is 21.9 Å². The molecule has 0 unspecified atom stereocenters. The van der Waals surface area contributed by atoms with E-state index in [9.17, 15) is 17.2 Å². The number of sulfonamides is 1. The molecule has 0 radical (unpaired) electrons. The second kappa shape index (κ2) is 9.55. The standard InChI is InChI=1S/C27H20F2N4O3S/c1-16-3-4-18(14-31-16)21-9-10-30-24-7-5-17(11-22(21)24)19-12-25(27(36-2)32-15-19)33-37(34,35)26-8-6-20(28)13-23(26)29/h3-15,33H,1-2H3. The first-order valence-corrected chi connectivity index (χ1v) is 12.6. The fourth-order valence-corrected chi connectivity index (χ4v) is 5.05. The van der Waals surface area contributed by atoms with E-state index in [-0.39, 0.29) is 11.6 Å². The molecule has 0 aliphatic heterocycles. The van der Waals surface area contributed by atoms with Crippen LogP contribution in [0.5, 0.6) is 5.88 Å². The largest absolute Gasteiger partial charge is 0.480 e. The second-order valence-corrected chi connectivity index (χ2v) is 9.89. The molecule has 0 fully saturated rings. The Kier molecular flexibility index (Phi) is 6.26. The summed E-state index contributed by atoms with van der Waals surface area (Å²) >= 11 is 0. The number of pyridine rings is 3. The van der Waals surface area contributed by atoms with Crippen LogP contribution in [0.2, 0.25) is 0 Å². The predicted molar refractivity (Wildman–Crippen MR) is 137 cm³/mol. The molecule has 0 amide bonds. The molecule has 186 valence electrons. The van der Waals surface area contributed by atoms with Gasteiger partial charge in [0, 0.05) is 46.9 Å². The molecular weight excluding hydrogens is 498 g/mol. The Labute approximate surface area is 211 Å². The van der Waals surface area contributed by atoms with Crippen LogP contribution in [0.15, 0.2) is 84.1 Å². The fourth-order valence-electron chi connectivity index (χ4n) is 3.94. The van der Waals surface area contributed by atoms with E-state index in [2.05, 4.69) is 19.7 Å². The Morgan fingerprint density at radius 2 is 1.62 bits per heavy atom. The normalized spacial score (nSPS) is 11.5. The Morgan fingerprint density at radius 1 is 0.838 bits per heavy atom. The summed E-state index contributed by atoms with van der Waals surface area (Å²) in [5, 5.41) is 0.872. The van der Waals surface area contributed by atoms with Crippen molar-refractivity contribution >= 4 is 26.6 Å².